The number of alkyl halides is 5. The molecule has 17 heteroatoms. The van der Waals surface area contributed by atoms with Crippen LogP contribution in [0.1, 0.15) is 32.0 Å². The van der Waals surface area contributed by atoms with Crippen LogP contribution in [0.2, 0.25) is 0 Å². The van der Waals surface area contributed by atoms with E-state index in [0.29, 0.717) is 30.0 Å². The van der Waals surface area contributed by atoms with Crippen LogP contribution in [0.4, 0.5) is 50.8 Å². The number of imidazole rings is 1. The monoisotopic (exact) mass is 591 g/mol. The predicted octanol–water partition coefficient (Wildman–Crippen LogP) is 7.00. The Balaban J connectivity index is 2.28. The van der Waals surface area contributed by atoms with Crippen LogP contribution in [0.3, 0.4) is 0 Å². The summed E-state index contributed by atoms with van der Waals surface area (Å²) in [5.74, 6) is -0.166. The maximum absolute atomic E-state index is 13.6. The van der Waals surface area contributed by atoms with Crippen molar-refractivity contribution in [3.63, 3.8) is 0 Å². The first-order chi connectivity index (χ1) is 18.7. The van der Waals surface area contributed by atoms with E-state index in [2.05, 4.69) is 40.1 Å². The number of azo groups is 1. The van der Waals surface area contributed by atoms with E-state index in [1.807, 2.05) is 13.8 Å². The highest BCUT2D eigenvalue weighted by Crippen LogP contribution is 2.47. The number of hydrogen-bond donors (Lipinski definition) is 0. The summed E-state index contributed by atoms with van der Waals surface area (Å²) in [6, 6.07) is 2.56. The zero-order valence-electron chi connectivity index (χ0n) is 21.9. The van der Waals surface area contributed by atoms with Crippen molar-refractivity contribution >= 4 is 38.8 Å². The van der Waals surface area contributed by atoms with Gasteiger partial charge in [0.1, 0.15) is 18.0 Å². The third-order valence-corrected chi connectivity index (χ3v) is 7.25. The number of halogens is 5. The normalized spacial score (nSPS) is 16.3. The van der Waals surface area contributed by atoms with Crippen LogP contribution in [-0.4, -0.2) is 46.1 Å². The van der Waals surface area contributed by atoms with Crippen molar-refractivity contribution in [3.05, 3.63) is 47.5 Å². The number of hydrogen-bond acceptors (Lipinski definition) is 9. The van der Waals surface area contributed by atoms with Gasteiger partial charge in [-0.1, -0.05) is 36.6 Å². The molecule has 1 atom stereocenters. The molecule has 0 aliphatic carbocycles. The maximum Gasteiger partial charge on any atom is 0.504 e. The van der Waals surface area contributed by atoms with Crippen LogP contribution in [0.5, 0.6) is 0 Å². The first kappa shape index (κ1) is 31.1. The van der Waals surface area contributed by atoms with Crippen molar-refractivity contribution in [2.24, 2.45) is 14.6 Å². The molecule has 1 aromatic carbocycles. The minimum absolute atomic E-state index is 0.0710. The van der Waals surface area contributed by atoms with E-state index in [4.69, 9.17) is 11.5 Å². The average Bonchev–Trinajstić information content (AvgIpc) is 3.32. The topological polar surface area (TPSA) is 107 Å². The van der Waals surface area contributed by atoms with E-state index in [-0.39, 0.29) is 30.6 Å². The van der Waals surface area contributed by atoms with Crippen LogP contribution in [0.25, 0.3) is 4.85 Å². The molecular formula is C23H26F5N7O4S. The Morgan fingerprint density at radius 2 is 2.00 bits per heavy atom. The minimum Gasteiger partial charge on any atom is -0.367 e. The second-order valence-electron chi connectivity index (χ2n) is 8.95. The number of benzene rings is 1. The second-order valence-corrected chi connectivity index (χ2v) is 10.7. The van der Waals surface area contributed by atoms with Gasteiger partial charge >= 0.3 is 18.1 Å². The van der Waals surface area contributed by atoms with Crippen LogP contribution >= 0.6 is 0 Å². The second kappa shape index (κ2) is 12.0. The summed E-state index contributed by atoms with van der Waals surface area (Å²) in [4.78, 5) is 18.7. The summed E-state index contributed by atoms with van der Waals surface area (Å²) in [7, 11) is -4.65. The Bertz CT molecular complexity index is 1460. The molecular weight excluding hydrogens is 565 g/mol. The van der Waals surface area contributed by atoms with Crippen molar-refractivity contribution in [3.8, 4) is 0 Å². The highest BCUT2D eigenvalue weighted by molar-refractivity contribution is 7.90. The molecule has 2 heterocycles. The van der Waals surface area contributed by atoms with Crippen molar-refractivity contribution in [2.45, 2.75) is 51.5 Å². The van der Waals surface area contributed by atoms with Crippen LogP contribution in [0, 0.1) is 6.57 Å². The SMILES string of the molecule is [C-]#[N+]c1nc(N=Nc2cc3c(cc2N=S(=O)(OC(F)F)C(F)(F)F)N(CC=C)CC3(C)C)n(CC)c1COOC. The average molecular weight is 592 g/mol. The Labute approximate surface area is 227 Å². The molecule has 1 aliphatic heterocycles. The summed E-state index contributed by atoms with van der Waals surface area (Å²) < 4.78 is 87.4. The largest absolute Gasteiger partial charge is 0.504 e. The van der Waals surface area contributed by atoms with Gasteiger partial charge in [-0.05, 0) is 24.6 Å². The number of nitrogens with zero attached hydrogens (tertiary/aromatic N) is 7. The molecule has 0 radical (unpaired) electrons. The lowest BCUT2D eigenvalue weighted by atomic mass is 9.86. The standard InChI is InChI=1S/C23H26F5N7O4S/c1-7-9-34-13-22(3,4)14-10-15(16(11-17(14)34)33-40(36,23(26,27)28)39-20(24)25)31-32-21-30-19(29-5)18(12-38-37-6)35(21)8-2/h7,10-11,20H,1,8-9,12-13H2,2-4,6H3. The lowest BCUT2D eigenvalue weighted by Gasteiger charge is -2.20. The molecule has 0 spiro atoms. The smallest absolute Gasteiger partial charge is 0.367 e. The fourth-order valence-corrected chi connectivity index (χ4v) is 5.02. The van der Waals surface area contributed by atoms with Gasteiger partial charge in [-0.25, -0.2) is 18.2 Å². The van der Waals surface area contributed by atoms with E-state index in [1.165, 1.54) is 17.7 Å². The summed E-state index contributed by atoms with van der Waals surface area (Å²) in [6.45, 7) is 13.4. The van der Waals surface area contributed by atoms with Gasteiger partial charge in [-0.15, -0.1) is 11.7 Å². The lowest BCUT2D eigenvalue weighted by Crippen LogP contribution is -2.28. The van der Waals surface area contributed by atoms with Gasteiger partial charge in [0.2, 0.25) is 0 Å². The summed E-state index contributed by atoms with van der Waals surface area (Å²) in [6.07, 6.45) is 1.58. The Hall–Kier alpha value is -3.46. The van der Waals surface area contributed by atoms with Crippen LogP contribution in [-0.2, 0) is 42.5 Å². The zero-order valence-corrected chi connectivity index (χ0v) is 22.7. The molecule has 1 aliphatic rings. The van der Waals surface area contributed by atoms with Gasteiger partial charge in [-0.3, -0.25) is 4.57 Å². The Morgan fingerprint density at radius 3 is 2.55 bits per heavy atom. The number of fused-ring (bicyclic) bond motifs is 1. The molecule has 3 rings (SSSR count). The highest BCUT2D eigenvalue weighted by Gasteiger charge is 2.47. The Kier molecular flexibility index (Phi) is 9.29. The van der Waals surface area contributed by atoms with Crippen LogP contribution < -0.4 is 4.90 Å². The first-order valence-electron chi connectivity index (χ1n) is 11.6. The minimum atomic E-state index is -5.92. The molecule has 40 heavy (non-hydrogen) atoms. The number of rotatable bonds is 11. The van der Waals surface area contributed by atoms with E-state index in [0.717, 1.165) is 6.07 Å². The van der Waals surface area contributed by atoms with Gasteiger partial charge in [0.25, 0.3) is 15.8 Å². The lowest BCUT2D eigenvalue weighted by molar-refractivity contribution is -0.283. The van der Waals surface area contributed by atoms with Crippen molar-refractivity contribution in [1.82, 2.24) is 9.55 Å². The van der Waals surface area contributed by atoms with Gasteiger partial charge in [0, 0.05) is 30.7 Å². The molecule has 0 N–H and O–H groups in total. The third kappa shape index (κ3) is 6.30. The molecule has 2 aromatic rings. The number of aromatic nitrogens is 2. The third-order valence-electron chi connectivity index (χ3n) is 5.83. The van der Waals surface area contributed by atoms with E-state index < -0.39 is 33.2 Å². The zero-order chi connectivity index (χ0) is 29.9. The quantitative estimate of drug-likeness (QED) is 0.0695. The van der Waals surface area contributed by atoms with Gasteiger partial charge in [0.05, 0.1) is 12.8 Å². The molecule has 0 saturated heterocycles. The van der Waals surface area contributed by atoms with Gasteiger partial charge < -0.3 is 9.74 Å². The van der Waals surface area contributed by atoms with Gasteiger partial charge in [0.15, 0.2) is 0 Å². The molecule has 1 aromatic heterocycles. The van der Waals surface area contributed by atoms with Crippen LogP contribution in [0.15, 0.2) is 39.4 Å². The maximum atomic E-state index is 13.6. The van der Waals surface area contributed by atoms with Crippen molar-refractivity contribution < 1.29 is 40.1 Å². The molecule has 0 bridgehead atoms. The summed E-state index contributed by atoms with van der Waals surface area (Å²) in [5, 5.41) is 8.02. The Morgan fingerprint density at radius 1 is 1.30 bits per heavy atom. The fourth-order valence-electron chi connectivity index (χ4n) is 4.16. The van der Waals surface area contributed by atoms with Crippen molar-refractivity contribution in [1.29, 1.82) is 0 Å². The fraction of sp³-hybridized carbons (Fsp3) is 0.478. The molecule has 218 valence electrons. The molecule has 0 saturated carbocycles. The molecule has 0 amide bonds. The molecule has 0 fully saturated rings. The van der Waals surface area contributed by atoms with Crippen molar-refractivity contribution in [2.75, 3.05) is 25.1 Å². The van der Waals surface area contributed by atoms with E-state index in [9.17, 15) is 26.2 Å². The van der Waals surface area contributed by atoms with E-state index in [1.54, 1.807) is 17.9 Å². The number of anilines is 1. The summed E-state index contributed by atoms with van der Waals surface area (Å²) in [5.41, 5.74) is -5.87. The van der Waals surface area contributed by atoms with E-state index >= 15 is 0 Å². The van der Waals surface area contributed by atoms with Gasteiger partial charge in [-0.2, -0.15) is 26.3 Å². The summed E-state index contributed by atoms with van der Waals surface area (Å²) >= 11 is 0. The molecule has 11 nitrogen and oxygen atoms in total. The molecule has 1 unspecified atom stereocenters. The predicted molar refractivity (Wildman–Crippen MR) is 135 cm³/mol. The highest BCUT2D eigenvalue weighted by atomic mass is 32.2. The first-order valence-corrected chi connectivity index (χ1v) is 13.0.